The van der Waals surface area contributed by atoms with E-state index in [1.165, 1.54) is 12.1 Å². The molecule has 0 saturated carbocycles. The van der Waals surface area contributed by atoms with Gasteiger partial charge in [-0.1, -0.05) is 17.7 Å². The maximum absolute atomic E-state index is 13.2. The van der Waals surface area contributed by atoms with Crippen molar-refractivity contribution in [2.24, 2.45) is 0 Å². The molecule has 0 aliphatic carbocycles. The molecule has 2 rings (SSSR count). The van der Waals surface area contributed by atoms with Gasteiger partial charge in [0.05, 0.1) is 17.3 Å². The number of ether oxygens (including phenoxy) is 1. The first-order valence-electron chi connectivity index (χ1n) is 6.34. The highest BCUT2D eigenvalue weighted by molar-refractivity contribution is 9.10. The van der Waals surface area contributed by atoms with Crippen molar-refractivity contribution in [1.82, 2.24) is 0 Å². The number of anilines is 1. The van der Waals surface area contributed by atoms with Gasteiger partial charge in [0.25, 0.3) is 0 Å². The Labute approximate surface area is 135 Å². The highest BCUT2D eigenvalue weighted by Gasteiger charge is 2.09. The first kappa shape index (κ1) is 15.9. The number of aromatic hydroxyl groups is 1. The summed E-state index contributed by atoms with van der Waals surface area (Å²) in [4.78, 5) is 0. The minimum absolute atomic E-state index is 0.0987. The van der Waals surface area contributed by atoms with Gasteiger partial charge in [-0.2, -0.15) is 0 Å². The fourth-order valence-corrected chi connectivity index (χ4v) is 2.80. The zero-order valence-corrected chi connectivity index (χ0v) is 13.6. The van der Waals surface area contributed by atoms with Crippen LogP contribution in [0.3, 0.4) is 0 Å². The summed E-state index contributed by atoms with van der Waals surface area (Å²) in [7, 11) is 0. The van der Waals surface area contributed by atoms with Crippen LogP contribution >= 0.6 is 27.5 Å². The van der Waals surface area contributed by atoms with E-state index in [1.807, 2.05) is 6.92 Å². The lowest BCUT2D eigenvalue weighted by Crippen LogP contribution is -2.02. The smallest absolute Gasteiger partial charge is 0.161 e. The van der Waals surface area contributed by atoms with Crippen molar-refractivity contribution < 1.29 is 14.2 Å². The number of benzene rings is 2. The van der Waals surface area contributed by atoms with E-state index >= 15 is 0 Å². The molecule has 0 fully saturated rings. The van der Waals surface area contributed by atoms with Gasteiger partial charge in [0, 0.05) is 11.0 Å². The zero-order chi connectivity index (χ0) is 15.4. The van der Waals surface area contributed by atoms with Crippen LogP contribution in [0.5, 0.6) is 11.5 Å². The third-order valence-electron chi connectivity index (χ3n) is 2.80. The molecule has 21 heavy (non-hydrogen) atoms. The molecule has 0 unspecified atom stereocenters. The molecule has 0 saturated heterocycles. The first-order valence-corrected chi connectivity index (χ1v) is 7.51. The molecule has 2 aromatic carbocycles. The maximum Gasteiger partial charge on any atom is 0.161 e. The average Bonchev–Trinajstić information content (AvgIpc) is 2.41. The van der Waals surface area contributed by atoms with Crippen molar-refractivity contribution in [2.75, 3.05) is 11.9 Å². The van der Waals surface area contributed by atoms with Crippen LogP contribution < -0.4 is 10.1 Å². The second-order valence-corrected chi connectivity index (χ2v) is 5.59. The predicted molar refractivity (Wildman–Crippen MR) is 85.7 cm³/mol. The predicted octanol–water partition coefficient (Wildman–Crippen LogP) is 4.96. The van der Waals surface area contributed by atoms with E-state index in [-0.39, 0.29) is 5.75 Å². The monoisotopic (exact) mass is 373 g/mol. The molecule has 0 spiro atoms. The quantitative estimate of drug-likeness (QED) is 0.777. The molecule has 0 aliphatic rings. The van der Waals surface area contributed by atoms with E-state index in [0.717, 1.165) is 5.56 Å². The Balaban J connectivity index is 2.15. The maximum atomic E-state index is 13.2. The molecule has 0 heterocycles. The first-order chi connectivity index (χ1) is 10.0. The third kappa shape index (κ3) is 4.02. The molecule has 2 aromatic rings. The zero-order valence-electron chi connectivity index (χ0n) is 11.3. The molecule has 0 radical (unpaired) electrons. The summed E-state index contributed by atoms with van der Waals surface area (Å²) >= 11 is 9.28. The Hall–Kier alpha value is -1.46. The van der Waals surface area contributed by atoms with Gasteiger partial charge < -0.3 is 15.2 Å². The van der Waals surface area contributed by atoms with Gasteiger partial charge in [0.15, 0.2) is 11.5 Å². The Bertz CT molecular complexity index is 629. The second-order valence-electron chi connectivity index (χ2n) is 4.33. The van der Waals surface area contributed by atoms with Crippen LogP contribution in [0.4, 0.5) is 10.1 Å². The van der Waals surface area contributed by atoms with Crippen LogP contribution in [0, 0.1) is 5.82 Å². The molecule has 0 amide bonds. The molecule has 0 bridgehead atoms. The molecular weight excluding hydrogens is 361 g/mol. The highest BCUT2D eigenvalue weighted by atomic mass is 79.9. The van der Waals surface area contributed by atoms with Crippen molar-refractivity contribution in [2.45, 2.75) is 13.5 Å². The number of phenolic OH excluding ortho intramolecular Hbond substituents is 1. The van der Waals surface area contributed by atoms with Crippen molar-refractivity contribution in [3.05, 3.63) is 51.2 Å². The normalized spacial score (nSPS) is 10.5. The van der Waals surface area contributed by atoms with Crippen LogP contribution in [0.15, 0.2) is 34.8 Å². The summed E-state index contributed by atoms with van der Waals surface area (Å²) in [5.74, 6) is 0.128. The summed E-state index contributed by atoms with van der Waals surface area (Å²) < 4.78 is 19.0. The Kier molecular flexibility index (Phi) is 5.31. The van der Waals surface area contributed by atoms with Gasteiger partial charge in [-0.15, -0.1) is 0 Å². The minimum atomic E-state index is -0.402. The van der Waals surface area contributed by atoms with Gasteiger partial charge in [-0.25, -0.2) is 4.39 Å². The number of halogens is 3. The fourth-order valence-electron chi connectivity index (χ4n) is 1.84. The summed E-state index contributed by atoms with van der Waals surface area (Å²) in [5.41, 5.74) is 1.52. The molecule has 0 atom stereocenters. The second kappa shape index (κ2) is 7.00. The molecule has 112 valence electrons. The Morgan fingerprint density at radius 2 is 2.10 bits per heavy atom. The Morgan fingerprint density at radius 1 is 1.33 bits per heavy atom. The molecule has 3 nitrogen and oxygen atoms in total. The lowest BCUT2D eigenvalue weighted by molar-refractivity contribution is 0.318. The molecule has 6 heteroatoms. The largest absolute Gasteiger partial charge is 0.504 e. The van der Waals surface area contributed by atoms with Crippen molar-refractivity contribution in [3.63, 3.8) is 0 Å². The standard InChI is InChI=1S/C15H14BrClFNO2/c1-2-21-14-5-9(3-4-13(14)20)8-19-15-11(16)6-10(18)7-12(15)17/h3-7,19-20H,2,8H2,1H3. The number of nitrogens with one attached hydrogen (secondary N) is 1. The highest BCUT2D eigenvalue weighted by Crippen LogP contribution is 2.33. The summed E-state index contributed by atoms with van der Waals surface area (Å²) in [5, 5.41) is 13.1. The minimum Gasteiger partial charge on any atom is -0.504 e. The van der Waals surface area contributed by atoms with Crippen molar-refractivity contribution in [1.29, 1.82) is 0 Å². The molecule has 2 N–H and O–H groups in total. The van der Waals surface area contributed by atoms with Gasteiger partial charge >= 0.3 is 0 Å². The van der Waals surface area contributed by atoms with Crippen LogP contribution in [0.2, 0.25) is 5.02 Å². The number of rotatable bonds is 5. The van der Waals surface area contributed by atoms with Gasteiger partial charge in [0.2, 0.25) is 0 Å². The van der Waals surface area contributed by atoms with E-state index in [9.17, 15) is 9.50 Å². The van der Waals surface area contributed by atoms with Gasteiger partial charge in [0.1, 0.15) is 5.82 Å². The van der Waals surface area contributed by atoms with E-state index < -0.39 is 5.82 Å². The number of hydrogen-bond acceptors (Lipinski definition) is 3. The summed E-state index contributed by atoms with van der Waals surface area (Å²) in [6.45, 7) is 2.78. The lowest BCUT2D eigenvalue weighted by Gasteiger charge is -2.12. The van der Waals surface area contributed by atoms with Gasteiger partial charge in [-0.05, 0) is 52.7 Å². The Morgan fingerprint density at radius 3 is 2.76 bits per heavy atom. The molecule has 0 aliphatic heterocycles. The van der Waals surface area contributed by atoms with Crippen LogP contribution in [0.25, 0.3) is 0 Å². The van der Waals surface area contributed by atoms with E-state index in [1.54, 1.807) is 18.2 Å². The average molecular weight is 375 g/mol. The van der Waals surface area contributed by atoms with E-state index in [0.29, 0.717) is 34.1 Å². The summed E-state index contributed by atoms with van der Waals surface area (Å²) in [6, 6.07) is 7.68. The fraction of sp³-hybridized carbons (Fsp3) is 0.200. The van der Waals surface area contributed by atoms with Crippen LogP contribution in [-0.4, -0.2) is 11.7 Å². The molecule has 0 aromatic heterocycles. The van der Waals surface area contributed by atoms with Gasteiger partial charge in [-0.3, -0.25) is 0 Å². The number of hydrogen-bond donors (Lipinski definition) is 2. The van der Waals surface area contributed by atoms with Crippen molar-refractivity contribution in [3.8, 4) is 11.5 Å². The third-order valence-corrected chi connectivity index (χ3v) is 3.72. The van der Waals surface area contributed by atoms with Crippen LogP contribution in [-0.2, 0) is 6.54 Å². The van der Waals surface area contributed by atoms with Crippen LogP contribution in [0.1, 0.15) is 12.5 Å². The number of phenols is 1. The SMILES string of the molecule is CCOc1cc(CNc2c(Cl)cc(F)cc2Br)ccc1O. The molecular formula is C15H14BrClFNO2. The summed E-state index contributed by atoms with van der Waals surface area (Å²) in [6.07, 6.45) is 0. The van der Waals surface area contributed by atoms with E-state index in [2.05, 4.69) is 21.2 Å². The topological polar surface area (TPSA) is 41.5 Å². The van der Waals surface area contributed by atoms with Crippen molar-refractivity contribution >= 4 is 33.2 Å². The van der Waals surface area contributed by atoms with E-state index in [4.69, 9.17) is 16.3 Å². The lowest BCUT2D eigenvalue weighted by atomic mass is 10.2.